The van der Waals surface area contributed by atoms with Crippen molar-refractivity contribution in [2.24, 2.45) is 0 Å². The van der Waals surface area contributed by atoms with Crippen LogP contribution in [0.5, 0.6) is 23.0 Å². The summed E-state index contributed by atoms with van der Waals surface area (Å²) in [4.78, 5) is 37.8. The molecule has 0 aliphatic carbocycles. The van der Waals surface area contributed by atoms with E-state index in [1.807, 2.05) is 0 Å². The number of ether oxygens (including phenoxy) is 4. The van der Waals surface area contributed by atoms with E-state index in [1.54, 1.807) is 36.5 Å². The monoisotopic (exact) mass is 693 g/mol. The Bertz CT molecular complexity index is 2280. The Balaban J connectivity index is 1.08. The molecule has 0 unspecified atom stereocenters. The van der Waals surface area contributed by atoms with Gasteiger partial charge in [0.15, 0.2) is 23.1 Å². The highest BCUT2D eigenvalue weighted by Gasteiger charge is 2.19. The summed E-state index contributed by atoms with van der Waals surface area (Å²) < 4.78 is 53.6. The summed E-state index contributed by atoms with van der Waals surface area (Å²) in [5.41, 5.74) is 0.682. The number of carbonyl (C=O) groups is 1. The van der Waals surface area contributed by atoms with Gasteiger partial charge in [0, 0.05) is 67.1 Å². The van der Waals surface area contributed by atoms with Gasteiger partial charge in [-0.2, -0.15) is 0 Å². The molecule has 0 spiro atoms. The third-order valence-corrected chi connectivity index (χ3v) is 8.49. The first-order chi connectivity index (χ1) is 24.9. The average molecular weight is 694 g/mol. The van der Waals surface area contributed by atoms with Crippen LogP contribution in [-0.4, -0.2) is 71.9 Å². The van der Waals surface area contributed by atoms with Gasteiger partial charge in [0.1, 0.15) is 22.8 Å². The van der Waals surface area contributed by atoms with Crippen LogP contribution in [0, 0.1) is 11.6 Å². The zero-order valence-electron chi connectivity index (χ0n) is 27.6. The summed E-state index contributed by atoms with van der Waals surface area (Å²) in [6, 6.07) is 17.7. The minimum atomic E-state index is -0.763. The molecular weight excluding hydrogens is 660 g/mol. The number of pyridine rings is 3. The topological polar surface area (TPSA) is 117 Å². The second kappa shape index (κ2) is 14.9. The standard InChI is InChI=1S/C38H33F2N5O6/c1-48-34-21-28-31(22-35(34)50-17-3-14-44-15-18-49-19-16-44)41-13-11-32(28)51-33-10-7-25(20-30(33)40)43-38(47)29-23-45(26-8-5-24(39)6-9-26)37-27(36(29)46)4-2-12-42-37/h2,4-13,20-23H,3,14-19H2,1H3,(H,43,47). The van der Waals surface area contributed by atoms with E-state index in [2.05, 4.69) is 20.2 Å². The molecule has 0 radical (unpaired) electrons. The molecule has 1 saturated heterocycles. The van der Waals surface area contributed by atoms with E-state index in [4.69, 9.17) is 18.9 Å². The van der Waals surface area contributed by atoms with Crippen molar-refractivity contribution in [3.63, 3.8) is 0 Å². The van der Waals surface area contributed by atoms with Crippen LogP contribution < -0.4 is 25.0 Å². The van der Waals surface area contributed by atoms with Crippen LogP contribution in [0.3, 0.4) is 0 Å². The Morgan fingerprint density at radius 1 is 0.902 bits per heavy atom. The molecule has 11 nitrogen and oxygen atoms in total. The summed E-state index contributed by atoms with van der Waals surface area (Å²) in [6.07, 6.45) is 5.23. The number of aromatic nitrogens is 3. The largest absolute Gasteiger partial charge is 0.493 e. The summed E-state index contributed by atoms with van der Waals surface area (Å²) in [6.45, 7) is 4.71. The molecule has 1 N–H and O–H groups in total. The van der Waals surface area contributed by atoms with Gasteiger partial charge in [-0.25, -0.2) is 13.8 Å². The van der Waals surface area contributed by atoms with Crippen molar-refractivity contribution in [3.8, 4) is 28.7 Å². The molecule has 0 bridgehead atoms. The lowest BCUT2D eigenvalue weighted by atomic mass is 10.1. The second-order valence-electron chi connectivity index (χ2n) is 11.8. The number of anilines is 1. The first-order valence-electron chi connectivity index (χ1n) is 16.3. The minimum absolute atomic E-state index is 0.0977. The summed E-state index contributed by atoms with van der Waals surface area (Å²) in [5.74, 6) is -0.704. The first-order valence-corrected chi connectivity index (χ1v) is 16.3. The molecule has 0 saturated carbocycles. The van der Waals surface area contributed by atoms with Crippen molar-refractivity contribution in [1.29, 1.82) is 0 Å². The number of nitrogens with one attached hydrogen (secondary N) is 1. The van der Waals surface area contributed by atoms with E-state index in [-0.39, 0.29) is 22.4 Å². The van der Waals surface area contributed by atoms with Gasteiger partial charge < -0.3 is 28.8 Å². The van der Waals surface area contributed by atoms with E-state index in [0.717, 1.165) is 45.3 Å². The molecule has 6 aromatic rings. The molecule has 1 aliphatic rings. The Hall–Kier alpha value is -5.92. The highest BCUT2D eigenvalue weighted by Crippen LogP contribution is 2.38. The molecule has 13 heteroatoms. The molecule has 260 valence electrons. The number of rotatable bonds is 11. The number of hydrogen-bond donors (Lipinski definition) is 1. The maximum Gasteiger partial charge on any atom is 0.261 e. The molecule has 51 heavy (non-hydrogen) atoms. The molecule has 1 fully saturated rings. The van der Waals surface area contributed by atoms with Gasteiger partial charge in [-0.1, -0.05) is 0 Å². The summed E-state index contributed by atoms with van der Waals surface area (Å²) in [5, 5.41) is 3.36. The van der Waals surface area contributed by atoms with Crippen LogP contribution in [0.2, 0.25) is 0 Å². The van der Waals surface area contributed by atoms with Crippen molar-refractivity contribution in [2.75, 3.05) is 51.9 Å². The lowest BCUT2D eigenvalue weighted by Gasteiger charge is -2.26. The van der Waals surface area contributed by atoms with Crippen molar-refractivity contribution < 1.29 is 32.5 Å². The number of hydrogen-bond acceptors (Lipinski definition) is 9. The van der Waals surface area contributed by atoms with Gasteiger partial charge >= 0.3 is 0 Å². The Morgan fingerprint density at radius 3 is 2.51 bits per heavy atom. The van der Waals surface area contributed by atoms with Crippen molar-refractivity contribution in [2.45, 2.75) is 6.42 Å². The lowest BCUT2D eigenvalue weighted by Crippen LogP contribution is -2.37. The zero-order chi connectivity index (χ0) is 35.3. The SMILES string of the molecule is COc1cc2c(Oc3ccc(NC(=O)c4cn(-c5ccc(F)cc5)c5ncccc5c4=O)cc3F)ccnc2cc1OCCCN1CCOCC1. The summed E-state index contributed by atoms with van der Waals surface area (Å²) >= 11 is 0. The highest BCUT2D eigenvalue weighted by atomic mass is 19.1. The van der Waals surface area contributed by atoms with E-state index in [9.17, 15) is 14.0 Å². The molecule has 3 aromatic heterocycles. The van der Waals surface area contributed by atoms with E-state index >= 15 is 4.39 Å². The Morgan fingerprint density at radius 2 is 1.73 bits per heavy atom. The van der Waals surface area contributed by atoms with Gasteiger partial charge in [-0.15, -0.1) is 0 Å². The van der Waals surface area contributed by atoms with Gasteiger partial charge in [0.25, 0.3) is 5.91 Å². The number of benzene rings is 3. The molecule has 4 heterocycles. The third kappa shape index (κ3) is 7.35. The highest BCUT2D eigenvalue weighted by molar-refractivity contribution is 6.05. The quantitative estimate of drug-likeness (QED) is 0.155. The molecular formula is C38H33F2N5O6. The van der Waals surface area contributed by atoms with Gasteiger partial charge in [-0.3, -0.25) is 19.5 Å². The fraction of sp³-hybridized carbons (Fsp3) is 0.211. The Kier molecular flexibility index (Phi) is 9.81. The molecule has 7 rings (SSSR count). The van der Waals surface area contributed by atoms with Crippen LogP contribution in [0.4, 0.5) is 14.5 Å². The fourth-order valence-electron chi connectivity index (χ4n) is 5.88. The molecule has 3 aromatic carbocycles. The molecule has 1 aliphatic heterocycles. The lowest BCUT2D eigenvalue weighted by molar-refractivity contribution is 0.0357. The fourth-order valence-corrected chi connectivity index (χ4v) is 5.88. The summed E-state index contributed by atoms with van der Waals surface area (Å²) in [7, 11) is 1.54. The number of halogens is 2. The van der Waals surface area contributed by atoms with Crippen LogP contribution in [0.1, 0.15) is 16.8 Å². The third-order valence-electron chi connectivity index (χ3n) is 8.49. The first kappa shape index (κ1) is 33.6. The smallest absolute Gasteiger partial charge is 0.261 e. The van der Waals surface area contributed by atoms with Gasteiger partial charge in [-0.05, 0) is 67.1 Å². The normalized spacial score (nSPS) is 13.3. The molecule has 1 amide bonds. The van der Waals surface area contributed by atoms with Crippen molar-refractivity contribution in [1.82, 2.24) is 19.4 Å². The second-order valence-corrected chi connectivity index (χ2v) is 11.8. The van der Waals surface area contributed by atoms with Crippen LogP contribution in [0.25, 0.3) is 27.6 Å². The van der Waals surface area contributed by atoms with E-state index < -0.39 is 23.0 Å². The van der Waals surface area contributed by atoms with Crippen molar-refractivity contribution in [3.05, 3.63) is 119 Å². The van der Waals surface area contributed by atoms with Crippen LogP contribution in [0.15, 0.2) is 96.2 Å². The van der Waals surface area contributed by atoms with Gasteiger partial charge in [0.2, 0.25) is 5.43 Å². The average Bonchev–Trinajstić information content (AvgIpc) is 3.15. The number of carbonyl (C=O) groups excluding carboxylic acids is 1. The maximum absolute atomic E-state index is 15.5. The van der Waals surface area contributed by atoms with Crippen LogP contribution in [-0.2, 0) is 4.74 Å². The number of amides is 1. The Labute approximate surface area is 291 Å². The number of morpholine rings is 1. The van der Waals surface area contributed by atoms with Gasteiger partial charge in [0.05, 0.1) is 37.8 Å². The predicted molar refractivity (Wildman–Crippen MR) is 187 cm³/mol. The van der Waals surface area contributed by atoms with E-state index in [1.165, 1.54) is 60.5 Å². The minimum Gasteiger partial charge on any atom is -0.493 e. The zero-order valence-corrected chi connectivity index (χ0v) is 27.6. The predicted octanol–water partition coefficient (Wildman–Crippen LogP) is 6.37. The number of fused-ring (bicyclic) bond motifs is 2. The van der Waals surface area contributed by atoms with E-state index in [0.29, 0.717) is 46.1 Å². The van der Waals surface area contributed by atoms with Crippen molar-refractivity contribution >= 4 is 33.5 Å². The van der Waals surface area contributed by atoms with Crippen LogP contribution >= 0.6 is 0 Å². The molecule has 0 atom stereocenters. The number of methoxy groups -OCH3 is 1. The number of nitrogens with zero attached hydrogens (tertiary/aromatic N) is 4. The maximum atomic E-state index is 15.5.